The lowest BCUT2D eigenvalue weighted by Crippen LogP contribution is -2.40. The predicted molar refractivity (Wildman–Crippen MR) is 58.4 cm³/mol. The Morgan fingerprint density at radius 1 is 1.33 bits per heavy atom. The summed E-state index contributed by atoms with van der Waals surface area (Å²) in [4.78, 5) is 22.1. The van der Waals surface area contributed by atoms with Gasteiger partial charge in [-0.25, -0.2) is 4.79 Å². The van der Waals surface area contributed by atoms with Gasteiger partial charge in [-0.1, -0.05) is 15.9 Å². The highest BCUT2D eigenvalue weighted by molar-refractivity contribution is 9.10. The highest BCUT2D eigenvalue weighted by Gasteiger charge is 2.20. The SMILES string of the molecule is CC(=O)C(N)C(=O)Oc1ccc(Br)cc1. The molecule has 0 fully saturated rings. The van der Waals surface area contributed by atoms with Gasteiger partial charge in [-0.15, -0.1) is 0 Å². The number of nitrogens with two attached hydrogens (primary N) is 1. The normalized spacial score (nSPS) is 11.9. The van der Waals surface area contributed by atoms with Crippen LogP contribution in [-0.2, 0) is 9.59 Å². The molecule has 1 unspecified atom stereocenters. The fourth-order valence-corrected chi connectivity index (χ4v) is 1.11. The van der Waals surface area contributed by atoms with Crippen LogP contribution in [0.5, 0.6) is 5.75 Å². The van der Waals surface area contributed by atoms with E-state index in [9.17, 15) is 9.59 Å². The van der Waals surface area contributed by atoms with Crippen molar-refractivity contribution < 1.29 is 14.3 Å². The molecule has 0 saturated carbocycles. The quantitative estimate of drug-likeness (QED) is 0.511. The number of esters is 1. The molecule has 15 heavy (non-hydrogen) atoms. The zero-order valence-corrected chi connectivity index (χ0v) is 9.65. The van der Waals surface area contributed by atoms with E-state index in [1.165, 1.54) is 6.92 Å². The Kier molecular flexibility index (Phi) is 3.99. The van der Waals surface area contributed by atoms with E-state index in [4.69, 9.17) is 10.5 Å². The van der Waals surface area contributed by atoms with Crippen molar-refractivity contribution in [3.8, 4) is 5.75 Å². The third kappa shape index (κ3) is 3.45. The van der Waals surface area contributed by atoms with Crippen molar-refractivity contribution in [1.29, 1.82) is 0 Å². The van der Waals surface area contributed by atoms with E-state index in [1.54, 1.807) is 24.3 Å². The summed E-state index contributed by atoms with van der Waals surface area (Å²) < 4.78 is 5.76. The first-order chi connectivity index (χ1) is 7.00. The zero-order chi connectivity index (χ0) is 11.4. The highest BCUT2D eigenvalue weighted by atomic mass is 79.9. The second-order valence-corrected chi connectivity index (χ2v) is 3.88. The summed E-state index contributed by atoms with van der Waals surface area (Å²) in [5, 5.41) is 0. The molecule has 1 aromatic rings. The summed E-state index contributed by atoms with van der Waals surface area (Å²) in [5.74, 6) is -0.804. The molecular weight excluding hydrogens is 262 g/mol. The van der Waals surface area contributed by atoms with Crippen molar-refractivity contribution >= 4 is 27.7 Å². The maximum absolute atomic E-state index is 11.3. The van der Waals surface area contributed by atoms with Crippen LogP contribution in [0.4, 0.5) is 0 Å². The maximum atomic E-state index is 11.3. The van der Waals surface area contributed by atoms with Crippen molar-refractivity contribution in [3.05, 3.63) is 28.7 Å². The monoisotopic (exact) mass is 271 g/mol. The van der Waals surface area contributed by atoms with Crippen LogP contribution in [0.3, 0.4) is 0 Å². The zero-order valence-electron chi connectivity index (χ0n) is 8.07. The lowest BCUT2D eigenvalue weighted by molar-refractivity contribution is -0.139. The number of carbonyl (C=O) groups is 2. The van der Waals surface area contributed by atoms with E-state index in [1.807, 2.05) is 0 Å². The number of ether oxygens (including phenoxy) is 1. The topological polar surface area (TPSA) is 69.4 Å². The van der Waals surface area contributed by atoms with Gasteiger partial charge in [-0.2, -0.15) is 0 Å². The van der Waals surface area contributed by atoms with Crippen molar-refractivity contribution in [3.63, 3.8) is 0 Å². The lowest BCUT2D eigenvalue weighted by atomic mass is 10.2. The molecule has 0 amide bonds. The Morgan fingerprint density at radius 3 is 2.33 bits per heavy atom. The molecule has 0 bridgehead atoms. The van der Waals surface area contributed by atoms with Crippen LogP contribution in [-0.4, -0.2) is 17.8 Å². The summed E-state index contributed by atoms with van der Waals surface area (Å²) in [7, 11) is 0. The second kappa shape index (κ2) is 5.04. The van der Waals surface area contributed by atoms with Crippen LogP contribution in [0.1, 0.15) is 6.92 Å². The second-order valence-electron chi connectivity index (χ2n) is 2.96. The van der Waals surface area contributed by atoms with Crippen LogP contribution in [0.15, 0.2) is 28.7 Å². The summed E-state index contributed by atoms with van der Waals surface area (Å²) in [5.41, 5.74) is 5.30. The van der Waals surface area contributed by atoms with Gasteiger partial charge in [0.2, 0.25) is 0 Å². The molecule has 0 radical (unpaired) electrons. The Bertz CT molecular complexity index is 375. The average molecular weight is 272 g/mol. The molecule has 0 aliphatic carbocycles. The van der Waals surface area contributed by atoms with Gasteiger partial charge in [0.25, 0.3) is 0 Å². The number of hydrogen-bond acceptors (Lipinski definition) is 4. The number of Topliss-reactive ketones (excluding diaryl/α,β-unsaturated/α-hetero) is 1. The van der Waals surface area contributed by atoms with E-state index < -0.39 is 17.8 Å². The van der Waals surface area contributed by atoms with Crippen molar-refractivity contribution in [2.45, 2.75) is 13.0 Å². The summed E-state index contributed by atoms with van der Waals surface area (Å²) in [6.07, 6.45) is 0. The van der Waals surface area contributed by atoms with Crippen molar-refractivity contribution in [2.75, 3.05) is 0 Å². The molecule has 2 N–H and O–H groups in total. The Labute approximate surface area is 95.5 Å². The van der Waals surface area contributed by atoms with Gasteiger partial charge in [0.1, 0.15) is 5.75 Å². The summed E-state index contributed by atoms with van der Waals surface area (Å²) >= 11 is 3.24. The summed E-state index contributed by atoms with van der Waals surface area (Å²) in [6, 6.07) is 5.45. The Balaban J connectivity index is 2.66. The first kappa shape index (κ1) is 11.9. The van der Waals surface area contributed by atoms with Crippen molar-refractivity contribution in [2.24, 2.45) is 5.73 Å². The highest BCUT2D eigenvalue weighted by Crippen LogP contribution is 2.16. The van der Waals surface area contributed by atoms with Gasteiger partial charge in [0.05, 0.1) is 0 Å². The van der Waals surface area contributed by atoms with Gasteiger partial charge >= 0.3 is 5.97 Å². The third-order valence-electron chi connectivity index (χ3n) is 1.72. The first-order valence-corrected chi connectivity index (χ1v) is 5.03. The minimum absolute atomic E-state index is 0.361. The summed E-state index contributed by atoms with van der Waals surface area (Å²) in [6.45, 7) is 1.24. The standard InChI is InChI=1S/C10H10BrNO3/c1-6(13)9(12)10(14)15-8-4-2-7(11)3-5-8/h2-5,9H,12H2,1H3. The minimum Gasteiger partial charge on any atom is -0.425 e. The third-order valence-corrected chi connectivity index (χ3v) is 2.25. The average Bonchev–Trinajstić information content (AvgIpc) is 2.20. The minimum atomic E-state index is -1.21. The van der Waals surface area contributed by atoms with Crippen LogP contribution in [0.2, 0.25) is 0 Å². The number of benzene rings is 1. The molecule has 1 rings (SSSR count). The van der Waals surface area contributed by atoms with Gasteiger partial charge in [0.15, 0.2) is 11.8 Å². The number of rotatable bonds is 3. The van der Waals surface area contributed by atoms with E-state index in [-0.39, 0.29) is 0 Å². The molecule has 0 heterocycles. The smallest absolute Gasteiger partial charge is 0.336 e. The molecule has 80 valence electrons. The molecule has 1 aromatic carbocycles. The number of halogens is 1. The molecule has 4 nitrogen and oxygen atoms in total. The van der Waals surface area contributed by atoms with Crippen LogP contribution in [0, 0.1) is 0 Å². The number of carbonyl (C=O) groups excluding carboxylic acids is 2. The molecule has 0 aliphatic rings. The Morgan fingerprint density at radius 2 is 1.87 bits per heavy atom. The van der Waals surface area contributed by atoms with E-state index in [2.05, 4.69) is 15.9 Å². The molecule has 0 aromatic heterocycles. The van der Waals surface area contributed by atoms with Gasteiger partial charge in [0, 0.05) is 4.47 Å². The first-order valence-electron chi connectivity index (χ1n) is 4.24. The van der Waals surface area contributed by atoms with Gasteiger partial charge < -0.3 is 10.5 Å². The van der Waals surface area contributed by atoms with Gasteiger partial charge in [-0.3, -0.25) is 4.79 Å². The maximum Gasteiger partial charge on any atom is 0.336 e. The Hall–Kier alpha value is -1.20. The van der Waals surface area contributed by atoms with E-state index in [0.29, 0.717) is 5.75 Å². The number of ketones is 1. The molecule has 0 spiro atoms. The predicted octanol–water partition coefficient (Wildman–Crippen LogP) is 1.27. The number of hydrogen-bond donors (Lipinski definition) is 1. The van der Waals surface area contributed by atoms with E-state index >= 15 is 0 Å². The molecule has 0 aliphatic heterocycles. The molecule has 0 saturated heterocycles. The fraction of sp³-hybridized carbons (Fsp3) is 0.200. The molecule has 5 heteroatoms. The van der Waals surface area contributed by atoms with E-state index in [0.717, 1.165) is 4.47 Å². The van der Waals surface area contributed by atoms with Crippen LogP contribution < -0.4 is 10.5 Å². The van der Waals surface area contributed by atoms with Gasteiger partial charge in [-0.05, 0) is 31.2 Å². The van der Waals surface area contributed by atoms with Crippen molar-refractivity contribution in [1.82, 2.24) is 0 Å². The molecular formula is C10H10BrNO3. The largest absolute Gasteiger partial charge is 0.425 e. The van der Waals surface area contributed by atoms with Crippen LogP contribution in [0.25, 0.3) is 0 Å². The lowest BCUT2D eigenvalue weighted by Gasteiger charge is -2.07. The molecule has 1 atom stereocenters. The van der Waals surface area contributed by atoms with Crippen LogP contribution >= 0.6 is 15.9 Å². The fourth-order valence-electron chi connectivity index (χ4n) is 0.848.